The minimum atomic E-state index is -1.09. The number of hydrogen-bond donors (Lipinski definition) is 3. The van der Waals surface area contributed by atoms with Crippen molar-refractivity contribution in [2.75, 3.05) is 13.7 Å². The number of carbonyl (C=O) groups excluding carboxylic acids is 4. The second-order valence-corrected chi connectivity index (χ2v) is 12.0. The Morgan fingerprint density at radius 3 is 2.38 bits per heavy atom. The summed E-state index contributed by atoms with van der Waals surface area (Å²) >= 11 is 0. The summed E-state index contributed by atoms with van der Waals surface area (Å²) in [6, 6.07) is 10.4. The van der Waals surface area contributed by atoms with Crippen LogP contribution in [0, 0.1) is 11.8 Å². The third kappa shape index (κ3) is 9.25. The molecule has 1 fully saturated rings. The van der Waals surface area contributed by atoms with E-state index in [0.29, 0.717) is 19.4 Å². The molecule has 45 heavy (non-hydrogen) atoms. The number of nitrogens with zero attached hydrogens (tertiary/aromatic N) is 1. The van der Waals surface area contributed by atoms with Crippen LogP contribution in [0.4, 0.5) is 0 Å². The van der Waals surface area contributed by atoms with Crippen LogP contribution in [0.5, 0.6) is 0 Å². The van der Waals surface area contributed by atoms with Gasteiger partial charge < -0.3 is 20.1 Å². The van der Waals surface area contributed by atoms with Gasteiger partial charge in [-0.05, 0) is 80.5 Å². The van der Waals surface area contributed by atoms with Crippen LogP contribution < -0.4 is 16.1 Å². The molecule has 0 radical (unpaired) electrons. The van der Waals surface area contributed by atoms with Crippen LogP contribution in [0.25, 0.3) is 16.8 Å². The molecule has 3 amide bonds. The van der Waals surface area contributed by atoms with E-state index >= 15 is 0 Å². The van der Waals surface area contributed by atoms with Crippen LogP contribution in [0.15, 0.2) is 55.1 Å². The number of methoxy groups -OCH3 is 1. The average molecular weight is 621 g/mol. The number of ether oxygens (including phenoxy) is 2. The summed E-state index contributed by atoms with van der Waals surface area (Å²) in [4.78, 5) is 52.5. The van der Waals surface area contributed by atoms with Crippen molar-refractivity contribution < 1.29 is 28.7 Å². The first-order valence-electron chi connectivity index (χ1n) is 15.6. The molecule has 1 heterocycles. The number of hydrogen-bond acceptors (Lipinski definition) is 7. The number of benzene rings is 2. The number of allylic oxidation sites excluding steroid dienone is 1. The molecule has 6 atom stereocenters. The molecule has 1 saturated heterocycles. The zero-order valence-electron chi connectivity index (χ0n) is 27.5. The Hall–Kier alpha value is -4.02. The first-order chi connectivity index (χ1) is 21.4. The molecule has 3 rings (SSSR count). The maximum Gasteiger partial charge on any atom is 0.312 e. The van der Waals surface area contributed by atoms with Crippen molar-refractivity contribution in [1.82, 2.24) is 21.1 Å². The van der Waals surface area contributed by atoms with Crippen LogP contribution in [0.1, 0.15) is 71.6 Å². The van der Waals surface area contributed by atoms with Gasteiger partial charge in [0.1, 0.15) is 12.1 Å². The van der Waals surface area contributed by atoms with E-state index in [9.17, 15) is 19.2 Å². The van der Waals surface area contributed by atoms with Gasteiger partial charge in [0.05, 0.1) is 18.1 Å². The van der Waals surface area contributed by atoms with Gasteiger partial charge in [-0.1, -0.05) is 62.9 Å². The molecular weight excluding hydrogens is 572 g/mol. The molecule has 2 aromatic carbocycles. The highest BCUT2D eigenvalue weighted by Crippen LogP contribution is 2.23. The largest absolute Gasteiger partial charge is 0.452 e. The molecule has 3 N–H and O–H groups in total. The molecule has 0 saturated carbocycles. The summed E-state index contributed by atoms with van der Waals surface area (Å²) in [6.07, 6.45) is 4.92. The van der Waals surface area contributed by atoms with E-state index in [1.165, 1.54) is 12.1 Å². The lowest BCUT2D eigenvalue weighted by molar-refractivity contribution is -0.165. The van der Waals surface area contributed by atoms with Gasteiger partial charge >= 0.3 is 5.97 Å². The van der Waals surface area contributed by atoms with Gasteiger partial charge in [-0.15, -0.1) is 0 Å². The maximum atomic E-state index is 13.3. The summed E-state index contributed by atoms with van der Waals surface area (Å²) in [5.41, 5.74) is 5.03. The fraction of sp³-hybridized carbons (Fsp3) is 0.486. The Kier molecular flexibility index (Phi) is 12.9. The molecular formula is C35H48N4O6. The highest BCUT2D eigenvalue weighted by Gasteiger charge is 2.35. The predicted octanol–water partition coefficient (Wildman–Crippen LogP) is 4.46. The van der Waals surface area contributed by atoms with Crippen LogP contribution in [-0.2, 0) is 28.7 Å². The molecule has 0 unspecified atom stereocenters. The van der Waals surface area contributed by atoms with Gasteiger partial charge in [0.2, 0.25) is 5.91 Å². The van der Waals surface area contributed by atoms with E-state index in [1.807, 2.05) is 38.1 Å². The molecule has 2 aromatic rings. The molecule has 0 aromatic heterocycles. The third-order valence-corrected chi connectivity index (χ3v) is 8.11. The second-order valence-electron chi connectivity index (χ2n) is 12.0. The normalized spacial score (nSPS) is 18.6. The van der Waals surface area contributed by atoms with Crippen molar-refractivity contribution in [2.45, 2.75) is 84.7 Å². The van der Waals surface area contributed by atoms with Crippen molar-refractivity contribution in [1.29, 1.82) is 0 Å². The molecule has 10 heteroatoms. The zero-order valence-corrected chi connectivity index (χ0v) is 27.5. The number of amides is 3. The molecule has 1 aliphatic heterocycles. The van der Waals surface area contributed by atoms with Crippen LogP contribution in [0.2, 0.25) is 0 Å². The first-order valence-corrected chi connectivity index (χ1v) is 15.6. The third-order valence-electron chi connectivity index (χ3n) is 8.11. The topological polar surface area (TPSA) is 126 Å². The van der Waals surface area contributed by atoms with E-state index in [1.54, 1.807) is 45.9 Å². The number of esters is 1. The number of nitrogens with one attached hydrogen (secondary N) is 3. The van der Waals surface area contributed by atoms with Crippen molar-refractivity contribution in [3.63, 3.8) is 0 Å². The Bertz CT molecular complexity index is 1410. The number of carbonyl (C=O) groups is 4. The number of rotatable bonds is 13. The fourth-order valence-electron chi connectivity index (χ4n) is 5.30. The van der Waals surface area contributed by atoms with E-state index in [2.05, 4.69) is 34.8 Å². The van der Waals surface area contributed by atoms with Crippen LogP contribution in [-0.4, -0.2) is 66.6 Å². The lowest BCUT2D eigenvalue weighted by Crippen LogP contribution is -2.61. The highest BCUT2D eigenvalue weighted by molar-refractivity contribution is 5.91. The van der Waals surface area contributed by atoms with E-state index < -0.39 is 48.0 Å². The van der Waals surface area contributed by atoms with E-state index in [-0.39, 0.29) is 17.9 Å². The maximum absolute atomic E-state index is 13.3. The number of hydrazine groups is 1. The predicted molar refractivity (Wildman–Crippen MR) is 176 cm³/mol. The van der Waals surface area contributed by atoms with Crippen molar-refractivity contribution >= 4 is 40.5 Å². The summed E-state index contributed by atoms with van der Waals surface area (Å²) in [5.74, 6) is -2.71. The molecule has 10 nitrogen and oxygen atoms in total. The fourth-order valence-corrected chi connectivity index (χ4v) is 5.30. The van der Waals surface area contributed by atoms with Crippen LogP contribution >= 0.6 is 0 Å². The summed E-state index contributed by atoms with van der Waals surface area (Å²) in [6.45, 7) is 14.7. The van der Waals surface area contributed by atoms with Gasteiger partial charge in [0.15, 0.2) is 6.10 Å². The van der Waals surface area contributed by atoms with Crippen molar-refractivity contribution in [3.8, 4) is 0 Å². The average Bonchev–Trinajstić information content (AvgIpc) is 3.04. The monoisotopic (exact) mass is 620 g/mol. The lowest BCUT2D eigenvalue weighted by atomic mass is 10.0. The van der Waals surface area contributed by atoms with Gasteiger partial charge in [0.25, 0.3) is 11.8 Å². The Balaban J connectivity index is 1.59. The summed E-state index contributed by atoms with van der Waals surface area (Å²) in [5, 5.41) is 9.30. The quantitative estimate of drug-likeness (QED) is 0.223. The minimum Gasteiger partial charge on any atom is -0.452 e. The Morgan fingerprint density at radius 1 is 1.02 bits per heavy atom. The first kappa shape index (κ1) is 35.5. The SMILES string of the molecule is C=Cc1ccc2ccc([C@@H](C)NC(=O)[C@@H]3CCCN(C(=O)[C@H](C)NC(=O)[C@@H](OC(=O)[C@H](C)[C@@H](/C=C/C)OC)C(C)C)N3)cc2c1. The minimum absolute atomic E-state index is 0.218. The number of fused-ring (bicyclic) bond motifs is 1. The second kappa shape index (κ2) is 16.3. The standard InChI is InChI=1S/C35H48N4O6/c1-9-12-30(44-8)22(5)35(43)45-31(21(3)4)33(41)37-24(7)34(42)39-18-11-13-29(38-39)32(40)36-23(6)27-17-16-26-15-14-25(10-2)19-28(26)20-27/h9-10,12,14-17,19-24,29-31,38H,2,11,13,18H2,1,3-8H3,(H,36,40)(H,37,41)/b12-9+/t22-,23-,24+,29+,30-,31+/m1/s1. The summed E-state index contributed by atoms with van der Waals surface area (Å²) in [7, 11) is 1.50. The van der Waals surface area contributed by atoms with Gasteiger partial charge in [-0.3, -0.25) is 24.2 Å². The molecule has 244 valence electrons. The molecule has 0 aliphatic carbocycles. The lowest BCUT2D eigenvalue weighted by Gasteiger charge is -2.35. The Labute approximate surface area is 266 Å². The van der Waals surface area contributed by atoms with Gasteiger partial charge in [-0.25, -0.2) is 5.43 Å². The smallest absolute Gasteiger partial charge is 0.312 e. The van der Waals surface area contributed by atoms with Crippen molar-refractivity contribution in [2.24, 2.45) is 11.8 Å². The van der Waals surface area contributed by atoms with Crippen LogP contribution in [0.3, 0.4) is 0 Å². The summed E-state index contributed by atoms with van der Waals surface area (Å²) < 4.78 is 10.9. The van der Waals surface area contributed by atoms with E-state index in [0.717, 1.165) is 21.9 Å². The van der Waals surface area contributed by atoms with E-state index in [4.69, 9.17) is 9.47 Å². The highest BCUT2D eigenvalue weighted by atomic mass is 16.6. The Morgan fingerprint density at radius 2 is 1.73 bits per heavy atom. The molecule has 0 spiro atoms. The van der Waals surface area contributed by atoms with Gasteiger partial charge in [0, 0.05) is 13.7 Å². The zero-order chi connectivity index (χ0) is 33.3. The molecule has 1 aliphatic rings. The molecule has 0 bridgehead atoms. The van der Waals surface area contributed by atoms with Crippen molar-refractivity contribution in [3.05, 3.63) is 66.3 Å². The van der Waals surface area contributed by atoms with Gasteiger partial charge in [-0.2, -0.15) is 0 Å².